The molecule has 4 heteroatoms. The van der Waals surface area contributed by atoms with E-state index in [1.54, 1.807) is 0 Å². The predicted octanol–water partition coefficient (Wildman–Crippen LogP) is 2.82. The van der Waals surface area contributed by atoms with Gasteiger partial charge in [0.1, 0.15) is 0 Å². The van der Waals surface area contributed by atoms with Crippen LogP contribution in [-0.4, -0.2) is 21.8 Å². The summed E-state index contributed by atoms with van der Waals surface area (Å²) in [7, 11) is 0. The monoisotopic (exact) mass is 343 g/mol. The van der Waals surface area contributed by atoms with Gasteiger partial charge < -0.3 is 4.74 Å². The number of nitrogens with zero attached hydrogens (tertiary/aromatic N) is 1. The quantitative estimate of drug-likeness (QED) is 0.481. The third-order valence-electron chi connectivity index (χ3n) is 3.02. The van der Waals surface area contributed by atoms with E-state index in [0.717, 1.165) is 5.56 Å². The molecule has 3 nitrogen and oxygen atoms in total. The molecule has 1 aliphatic heterocycles. The number of rotatable bonds is 3. The van der Waals surface area contributed by atoms with Gasteiger partial charge in [-0.1, -0.05) is 54.6 Å². The van der Waals surface area contributed by atoms with Crippen molar-refractivity contribution in [2.45, 2.75) is 19.4 Å². The van der Waals surface area contributed by atoms with Crippen molar-refractivity contribution in [2.24, 2.45) is 10.9 Å². The van der Waals surface area contributed by atoms with Gasteiger partial charge in [0.25, 0.3) is 0 Å². The fourth-order valence-corrected chi connectivity index (χ4v) is 3.10. The minimum Gasteiger partial charge on any atom is -0.405 e. The highest BCUT2D eigenvalue weighted by Gasteiger charge is 2.47. The molecule has 17 heavy (non-hydrogen) atoms. The molecule has 0 fully saturated rings. The third-order valence-corrected chi connectivity index (χ3v) is 4.19. The molecule has 0 saturated carbocycles. The minimum atomic E-state index is -0.717. The van der Waals surface area contributed by atoms with Gasteiger partial charge in [-0.3, -0.25) is 0 Å². The highest BCUT2D eigenvalue weighted by Crippen LogP contribution is 2.32. The van der Waals surface area contributed by atoms with Crippen LogP contribution in [0.4, 0.5) is 0 Å². The van der Waals surface area contributed by atoms with Gasteiger partial charge >= 0.3 is 5.97 Å². The first-order valence-corrected chi connectivity index (χ1v) is 7.06. The Balaban J connectivity index is 2.41. The van der Waals surface area contributed by atoms with Crippen LogP contribution < -0.4 is 0 Å². The minimum absolute atomic E-state index is 0.133. The highest BCUT2D eigenvalue weighted by atomic mass is 127. The first-order chi connectivity index (χ1) is 8.10. The lowest BCUT2D eigenvalue weighted by atomic mass is 9.90. The average molecular weight is 343 g/mol. The van der Waals surface area contributed by atoms with E-state index in [-0.39, 0.29) is 11.9 Å². The normalized spacial score (nSPS) is 23.8. The predicted molar refractivity (Wildman–Crippen MR) is 75.5 cm³/mol. The Morgan fingerprint density at radius 1 is 1.35 bits per heavy atom. The second-order valence-corrected chi connectivity index (χ2v) is 5.15. The molecule has 1 aliphatic rings. The van der Waals surface area contributed by atoms with Crippen molar-refractivity contribution in [3.63, 3.8) is 0 Å². The Morgan fingerprint density at radius 2 is 2.00 bits per heavy atom. The van der Waals surface area contributed by atoms with Crippen LogP contribution in [0.5, 0.6) is 0 Å². The zero-order valence-corrected chi connectivity index (χ0v) is 12.0. The molecule has 0 saturated heterocycles. The molecule has 1 heterocycles. The summed E-state index contributed by atoms with van der Waals surface area (Å²) in [6.45, 7) is 3.99. The summed E-state index contributed by atoms with van der Waals surface area (Å²) < 4.78 is 5.96. The van der Waals surface area contributed by atoms with Gasteiger partial charge in [-0.15, -0.1) is 0 Å². The van der Waals surface area contributed by atoms with Crippen LogP contribution in [0.15, 0.2) is 35.3 Å². The smallest absolute Gasteiger partial charge is 0.341 e. The fraction of sp³-hybridized carbons (Fsp3) is 0.385. The van der Waals surface area contributed by atoms with Crippen LogP contribution in [0.3, 0.4) is 0 Å². The first-order valence-electron chi connectivity index (χ1n) is 5.53. The van der Waals surface area contributed by atoms with E-state index in [4.69, 9.17) is 4.74 Å². The zero-order valence-electron chi connectivity index (χ0n) is 9.81. The topological polar surface area (TPSA) is 38.7 Å². The van der Waals surface area contributed by atoms with Crippen molar-refractivity contribution in [1.29, 1.82) is 0 Å². The number of carbonyl (C=O) groups excluding carboxylic acids is 1. The Bertz CT molecular complexity index is 456. The van der Waals surface area contributed by atoms with Crippen molar-refractivity contribution in [2.75, 3.05) is 4.43 Å². The number of hydrogen-bond acceptors (Lipinski definition) is 3. The number of hydrogen-bond donors (Lipinski definition) is 0. The standard InChI is InChI=1S/C13H14INO2/c1-9(2)13(8-14)12(16)17-11(15-13)10-6-4-3-5-7-10/h3-7,9H,8H2,1-2H3. The number of cyclic esters (lactones) is 1. The first kappa shape index (κ1) is 12.5. The summed E-state index contributed by atoms with van der Waals surface area (Å²) in [6, 6.07) is 9.54. The summed E-state index contributed by atoms with van der Waals surface area (Å²) in [4.78, 5) is 16.5. The molecule has 0 amide bonds. The molecule has 0 N–H and O–H groups in total. The van der Waals surface area contributed by atoms with E-state index in [1.807, 2.05) is 44.2 Å². The number of aliphatic imine (C=N–C) groups is 1. The molecule has 1 aromatic rings. The molecule has 90 valence electrons. The Hall–Kier alpha value is -0.910. The van der Waals surface area contributed by atoms with Gasteiger partial charge in [-0.2, -0.15) is 0 Å². The molecule has 1 unspecified atom stereocenters. The zero-order chi connectivity index (χ0) is 12.5. The van der Waals surface area contributed by atoms with Crippen molar-refractivity contribution >= 4 is 34.5 Å². The van der Waals surface area contributed by atoms with Crippen LogP contribution in [0.1, 0.15) is 19.4 Å². The largest absolute Gasteiger partial charge is 0.405 e. The van der Waals surface area contributed by atoms with E-state index in [2.05, 4.69) is 27.6 Å². The van der Waals surface area contributed by atoms with Crippen LogP contribution in [0.2, 0.25) is 0 Å². The van der Waals surface area contributed by atoms with E-state index >= 15 is 0 Å². The summed E-state index contributed by atoms with van der Waals surface area (Å²) >= 11 is 2.19. The maximum atomic E-state index is 12.0. The lowest BCUT2D eigenvalue weighted by molar-refractivity contribution is -0.139. The van der Waals surface area contributed by atoms with Gasteiger partial charge in [-0.05, 0) is 18.1 Å². The number of esters is 1. The average Bonchev–Trinajstić information content (AvgIpc) is 2.69. The number of ether oxygens (including phenoxy) is 1. The van der Waals surface area contributed by atoms with Crippen molar-refractivity contribution in [3.8, 4) is 0 Å². The lowest BCUT2D eigenvalue weighted by Gasteiger charge is -2.23. The molecule has 2 rings (SSSR count). The van der Waals surface area contributed by atoms with E-state index < -0.39 is 5.54 Å². The molecule has 0 bridgehead atoms. The van der Waals surface area contributed by atoms with Crippen LogP contribution in [0, 0.1) is 5.92 Å². The summed E-state index contributed by atoms with van der Waals surface area (Å²) in [5.41, 5.74) is 0.138. The lowest BCUT2D eigenvalue weighted by Crippen LogP contribution is -2.41. The number of alkyl halides is 1. The fourth-order valence-electron chi connectivity index (χ4n) is 1.73. The van der Waals surface area contributed by atoms with Gasteiger partial charge in [0.2, 0.25) is 5.90 Å². The molecule has 0 aromatic heterocycles. The van der Waals surface area contributed by atoms with Gasteiger partial charge in [0.15, 0.2) is 5.54 Å². The number of benzene rings is 1. The van der Waals surface area contributed by atoms with Crippen molar-refractivity contribution in [1.82, 2.24) is 0 Å². The van der Waals surface area contributed by atoms with Crippen molar-refractivity contribution in [3.05, 3.63) is 35.9 Å². The van der Waals surface area contributed by atoms with Gasteiger partial charge in [-0.25, -0.2) is 9.79 Å². The summed E-state index contributed by atoms with van der Waals surface area (Å²) in [6.07, 6.45) is 0. The molecule has 0 aliphatic carbocycles. The maximum absolute atomic E-state index is 12.0. The highest BCUT2D eigenvalue weighted by molar-refractivity contribution is 14.1. The van der Waals surface area contributed by atoms with Gasteiger partial charge in [0.05, 0.1) is 0 Å². The molecule has 0 spiro atoms. The van der Waals surface area contributed by atoms with Crippen LogP contribution >= 0.6 is 22.6 Å². The van der Waals surface area contributed by atoms with Crippen LogP contribution in [0.25, 0.3) is 0 Å². The molecular weight excluding hydrogens is 329 g/mol. The Kier molecular flexibility index (Phi) is 3.51. The molecule has 0 radical (unpaired) electrons. The Morgan fingerprint density at radius 3 is 2.47 bits per heavy atom. The number of carbonyl (C=O) groups is 1. The SMILES string of the molecule is CC(C)C1(CI)N=C(c2ccccc2)OC1=O. The van der Waals surface area contributed by atoms with Crippen molar-refractivity contribution < 1.29 is 9.53 Å². The Labute approximate surface area is 114 Å². The van der Waals surface area contributed by atoms with Crippen LogP contribution in [-0.2, 0) is 9.53 Å². The second-order valence-electron chi connectivity index (χ2n) is 4.39. The summed E-state index contributed by atoms with van der Waals surface area (Å²) in [5, 5.41) is 0. The third kappa shape index (κ3) is 2.10. The molecular formula is C13H14INO2. The molecule has 1 atom stereocenters. The maximum Gasteiger partial charge on any atom is 0.341 e. The molecule has 1 aromatic carbocycles. The van der Waals surface area contributed by atoms with Gasteiger partial charge in [0, 0.05) is 9.99 Å². The van der Waals surface area contributed by atoms with E-state index in [1.165, 1.54) is 0 Å². The second kappa shape index (κ2) is 4.76. The van der Waals surface area contributed by atoms with E-state index in [9.17, 15) is 4.79 Å². The van der Waals surface area contributed by atoms with E-state index in [0.29, 0.717) is 10.3 Å². The number of halogens is 1. The summed E-state index contributed by atoms with van der Waals surface area (Å²) in [5.74, 6) is 0.342.